The zero-order chi connectivity index (χ0) is 9.68. The molecular weight excluding hydrogens is 279 g/mol. The Bertz CT molecular complexity index is 297. The van der Waals surface area contributed by atoms with E-state index in [0.29, 0.717) is 6.61 Å². The SMILES string of the molecule is C=CCOc1cc(OC)ccc1I. The fourth-order valence-corrected chi connectivity index (χ4v) is 1.36. The van der Waals surface area contributed by atoms with E-state index in [4.69, 9.17) is 9.47 Å². The molecule has 1 rings (SSSR count). The third kappa shape index (κ3) is 2.91. The lowest BCUT2D eigenvalue weighted by molar-refractivity contribution is 0.354. The third-order valence-corrected chi connectivity index (χ3v) is 2.39. The summed E-state index contributed by atoms with van der Waals surface area (Å²) >= 11 is 2.22. The van der Waals surface area contributed by atoms with E-state index in [1.165, 1.54) is 0 Å². The number of hydrogen-bond donors (Lipinski definition) is 0. The van der Waals surface area contributed by atoms with Crippen LogP contribution in [0.5, 0.6) is 11.5 Å². The summed E-state index contributed by atoms with van der Waals surface area (Å²) in [5.41, 5.74) is 0. The van der Waals surface area contributed by atoms with Crippen LogP contribution in [0.3, 0.4) is 0 Å². The maximum absolute atomic E-state index is 5.42. The first-order chi connectivity index (χ1) is 6.27. The van der Waals surface area contributed by atoms with Gasteiger partial charge in [0.15, 0.2) is 0 Å². The molecule has 0 saturated carbocycles. The number of benzene rings is 1. The van der Waals surface area contributed by atoms with Crippen molar-refractivity contribution >= 4 is 22.6 Å². The van der Waals surface area contributed by atoms with E-state index in [1.807, 2.05) is 18.2 Å². The number of methoxy groups -OCH3 is 1. The Morgan fingerprint density at radius 3 is 2.92 bits per heavy atom. The molecule has 0 radical (unpaired) electrons. The van der Waals surface area contributed by atoms with Crippen LogP contribution in [0, 0.1) is 3.57 Å². The van der Waals surface area contributed by atoms with E-state index in [2.05, 4.69) is 29.2 Å². The molecule has 0 spiro atoms. The fourth-order valence-electron chi connectivity index (χ4n) is 0.870. The Morgan fingerprint density at radius 2 is 2.31 bits per heavy atom. The quantitative estimate of drug-likeness (QED) is 0.627. The van der Waals surface area contributed by atoms with Gasteiger partial charge in [-0.15, -0.1) is 0 Å². The van der Waals surface area contributed by atoms with E-state index < -0.39 is 0 Å². The molecule has 0 aromatic heterocycles. The number of halogens is 1. The van der Waals surface area contributed by atoms with Gasteiger partial charge in [0.1, 0.15) is 18.1 Å². The summed E-state index contributed by atoms with van der Waals surface area (Å²) in [4.78, 5) is 0. The van der Waals surface area contributed by atoms with Crippen LogP contribution < -0.4 is 9.47 Å². The second-order valence-corrected chi connectivity index (χ2v) is 3.56. The zero-order valence-electron chi connectivity index (χ0n) is 7.42. The van der Waals surface area contributed by atoms with E-state index in [1.54, 1.807) is 13.2 Å². The molecule has 1 aromatic rings. The van der Waals surface area contributed by atoms with Crippen LogP contribution in [0.1, 0.15) is 0 Å². The molecule has 0 amide bonds. The predicted molar refractivity (Wildman–Crippen MR) is 61.4 cm³/mol. The molecule has 1 aromatic carbocycles. The summed E-state index contributed by atoms with van der Waals surface area (Å²) in [5.74, 6) is 1.64. The minimum atomic E-state index is 0.517. The van der Waals surface area contributed by atoms with Crippen molar-refractivity contribution in [1.29, 1.82) is 0 Å². The zero-order valence-corrected chi connectivity index (χ0v) is 9.58. The van der Waals surface area contributed by atoms with E-state index >= 15 is 0 Å². The summed E-state index contributed by atoms with van der Waals surface area (Å²) in [7, 11) is 1.64. The van der Waals surface area contributed by atoms with Crippen molar-refractivity contribution in [1.82, 2.24) is 0 Å². The molecule has 0 bridgehead atoms. The van der Waals surface area contributed by atoms with Gasteiger partial charge in [-0.05, 0) is 34.7 Å². The highest BCUT2D eigenvalue weighted by Gasteiger charge is 2.01. The Hall–Kier alpha value is -0.710. The van der Waals surface area contributed by atoms with E-state index in [9.17, 15) is 0 Å². The largest absolute Gasteiger partial charge is 0.497 e. The van der Waals surface area contributed by atoms with Gasteiger partial charge in [-0.25, -0.2) is 0 Å². The highest BCUT2D eigenvalue weighted by atomic mass is 127. The topological polar surface area (TPSA) is 18.5 Å². The predicted octanol–water partition coefficient (Wildman–Crippen LogP) is 2.86. The average molecular weight is 290 g/mol. The average Bonchev–Trinajstić information content (AvgIpc) is 2.17. The monoisotopic (exact) mass is 290 g/mol. The second kappa shape index (κ2) is 5.11. The molecule has 0 heterocycles. The highest BCUT2D eigenvalue weighted by molar-refractivity contribution is 14.1. The summed E-state index contributed by atoms with van der Waals surface area (Å²) < 4.78 is 11.6. The van der Waals surface area contributed by atoms with Gasteiger partial charge in [0, 0.05) is 6.07 Å². The van der Waals surface area contributed by atoms with Crippen LogP contribution in [0.2, 0.25) is 0 Å². The van der Waals surface area contributed by atoms with Gasteiger partial charge >= 0.3 is 0 Å². The Labute approximate surface area is 91.7 Å². The molecule has 3 heteroatoms. The molecule has 0 saturated heterocycles. The smallest absolute Gasteiger partial charge is 0.136 e. The Kier molecular flexibility index (Phi) is 4.08. The summed E-state index contributed by atoms with van der Waals surface area (Å²) in [5, 5.41) is 0. The molecule has 0 aliphatic heterocycles. The lowest BCUT2D eigenvalue weighted by Crippen LogP contribution is -1.95. The van der Waals surface area contributed by atoms with Gasteiger partial charge in [-0.2, -0.15) is 0 Å². The van der Waals surface area contributed by atoms with Crippen LogP contribution in [0.4, 0.5) is 0 Å². The van der Waals surface area contributed by atoms with Gasteiger partial charge in [0.25, 0.3) is 0 Å². The normalized spacial score (nSPS) is 9.38. The van der Waals surface area contributed by atoms with Crippen molar-refractivity contribution in [3.63, 3.8) is 0 Å². The van der Waals surface area contributed by atoms with Crippen molar-refractivity contribution in [2.75, 3.05) is 13.7 Å². The van der Waals surface area contributed by atoms with Crippen LogP contribution in [-0.4, -0.2) is 13.7 Å². The summed E-state index contributed by atoms with van der Waals surface area (Å²) in [6, 6.07) is 5.73. The maximum Gasteiger partial charge on any atom is 0.136 e. The molecule has 0 N–H and O–H groups in total. The number of ether oxygens (including phenoxy) is 2. The molecule has 0 aliphatic carbocycles. The van der Waals surface area contributed by atoms with Crippen LogP contribution in [-0.2, 0) is 0 Å². The van der Waals surface area contributed by atoms with Crippen LogP contribution >= 0.6 is 22.6 Å². The molecule has 0 fully saturated rings. The molecule has 0 atom stereocenters. The lowest BCUT2D eigenvalue weighted by Gasteiger charge is -2.07. The van der Waals surface area contributed by atoms with Crippen LogP contribution in [0.25, 0.3) is 0 Å². The van der Waals surface area contributed by atoms with Crippen molar-refractivity contribution in [3.8, 4) is 11.5 Å². The van der Waals surface area contributed by atoms with Crippen molar-refractivity contribution < 1.29 is 9.47 Å². The minimum Gasteiger partial charge on any atom is -0.497 e. The minimum absolute atomic E-state index is 0.517. The molecular formula is C10H11IO2. The molecule has 13 heavy (non-hydrogen) atoms. The lowest BCUT2D eigenvalue weighted by atomic mass is 10.3. The molecule has 70 valence electrons. The number of hydrogen-bond acceptors (Lipinski definition) is 2. The van der Waals surface area contributed by atoms with Gasteiger partial charge < -0.3 is 9.47 Å². The van der Waals surface area contributed by atoms with Gasteiger partial charge in [-0.3, -0.25) is 0 Å². The van der Waals surface area contributed by atoms with E-state index in [-0.39, 0.29) is 0 Å². The van der Waals surface area contributed by atoms with Crippen LogP contribution in [0.15, 0.2) is 30.9 Å². The fraction of sp³-hybridized carbons (Fsp3) is 0.200. The first-order valence-corrected chi connectivity index (χ1v) is 4.93. The molecule has 0 unspecified atom stereocenters. The summed E-state index contributed by atoms with van der Waals surface area (Å²) in [6.07, 6.45) is 1.72. The van der Waals surface area contributed by atoms with E-state index in [0.717, 1.165) is 15.1 Å². The standard InChI is InChI=1S/C10H11IO2/c1-3-6-13-10-7-8(12-2)4-5-9(10)11/h3-5,7H,1,6H2,2H3. The first-order valence-electron chi connectivity index (χ1n) is 3.85. The Balaban J connectivity index is 2.83. The maximum atomic E-state index is 5.42. The number of rotatable bonds is 4. The highest BCUT2D eigenvalue weighted by Crippen LogP contribution is 2.25. The first kappa shape index (κ1) is 10.4. The summed E-state index contributed by atoms with van der Waals surface area (Å²) in [6.45, 7) is 4.11. The van der Waals surface area contributed by atoms with Crippen molar-refractivity contribution in [2.45, 2.75) is 0 Å². The van der Waals surface area contributed by atoms with Gasteiger partial charge in [0.05, 0.1) is 10.7 Å². The third-order valence-electron chi connectivity index (χ3n) is 1.50. The van der Waals surface area contributed by atoms with Gasteiger partial charge in [0.2, 0.25) is 0 Å². The second-order valence-electron chi connectivity index (χ2n) is 2.40. The van der Waals surface area contributed by atoms with Crippen molar-refractivity contribution in [2.24, 2.45) is 0 Å². The Morgan fingerprint density at radius 1 is 1.54 bits per heavy atom. The van der Waals surface area contributed by atoms with Crippen molar-refractivity contribution in [3.05, 3.63) is 34.4 Å². The van der Waals surface area contributed by atoms with Gasteiger partial charge in [-0.1, -0.05) is 12.7 Å². The molecule has 2 nitrogen and oxygen atoms in total. The molecule has 0 aliphatic rings.